The Bertz CT molecular complexity index is 1180. The van der Waals surface area contributed by atoms with Gasteiger partial charge in [0, 0.05) is 11.1 Å². The number of anilines is 1. The monoisotopic (exact) mass is 445 g/mol. The number of carbonyl (C=O) groups excluding carboxylic acids is 1. The minimum Gasteiger partial charge on any atom is -0.253 e. The molecule has 0 radical (unpaired) electrons. The van der Waals surface area contributed by atoms with E-state index in [-0.39, 0.29) is 5.91 Å². The molecule has 6 heteroatoms. The quantitative estimate of drug-likeness (QED) is 0.480. The van der Waals surface area contributed by atoms with Crippen LogP contribution in [0.15, 0.2) is 72.9 Å². The number of aromatic nitrogens is 2. The molecular weight excluding hydrogens is 425 g/mol. The van der Waals surface area contributed by atoms with Crippen molar-refractivity contribution in [2.75, 3.05) is 5.32 Å². The Morgan fingerprint density at radius 3 is 2.79 bits per heavy atom. The molecule has 4 aromatic rings. The number of hydrogen-bond donors (Lipinski definition) is 1. The number of nitrogens with zero attached hydrogens (tertiary/aromatic N) is 2. The second-order valence-electron chi connectivity index (χ2n) is 6.72. The second kappa shape index (κ2) is 8.46. The Kier molecular flexibility index (Phi) is 5.59. The molecular formula is C23H20AsN3O2. The van der Waals surface area contributed by atoms with Crippen LogP contribution in [0.2, 0.25) is 0 Å². The maximum Gasteiger partial charge on any atom is 0.0706 e. The van der Waals surface area contributed by atoms with Gasteiger partial charge in [0.15, 0.2) is 0 Å². The van der Waals surface area contributed by atoms with Gasteiger partial charge in [0.05, 0.1) is 5.52 Å². The third-order valence-electron chi connectivity index (χ3n) is 4.44. The Balaban J connectivity index is 1.45. The summed E-state index contributed by atoms with van der Waals surface area (Å²) in [7, 11) is 0. The molecule has 1 unspecified atom stereocenters. The van der Waals surface area contributed by atoms with Gasteiger partial charge in [0.1, 0.15) is 0 Å². The molecule has 1 amide bonds. The SMILES string of the molecule is Cc1ccc2cc(NC(=O)c3cccc(OCc4ccc([AsH2])nc4)c3)ccc2n1. The summed E-state index contributed by atoms with van der Waals surface area (Å²) in [6.07, 6.45) is 1.81. The molecule has 1 N–H and O–H groups in total. The molecule has 2 aromatic carbocycles. The molecule has 1 atom stereocenters. The number of nitrogens with one attached hydrogen (secondary N) is 1. The van der Waals surface area contributed by atoms with E-state index < -0.39 is 0 Å². The number of carbonyl (C=O) groups is 1. The standard InChI is InChI=1S/C23H20AsN3O2/c1-15-5-7-17-11-19(8-9-21(17)26-15)27-23(28)18-3-2-4-20(12-18)29-14-16-6-10-22(24)25-13-16/h2-13H,14,24H2,1H3,(H,27,28). The minimum absolute atomic E-state index is 0.186. The largest absolute Gasteiger partial charge is 0.253 e. The van der Waals surface area contributed by atoms with Crippen LogP contribution in [-0.2, 0) is 6.61 Å². The molecule has 0 saturated heterocycles. The number of amides is 1. The number of hydrogen-bond acceptors (Lipinski definition) is 4. The Morgan fingerprint density at radius 2 is 1.97 bits per heavy atom. The third kappa shape index (κ3) is 4.82. The summed E-state index contributed by atoms with van der Waals surface area (Å²) in [5.74, 6) is 0.453. The maximum atomic E-state index is 12.7. The average Bonchev–Trinajstić information content (AvgIpc) is 2.73. The van der Waals surface area contributed by atoms with Crippen LogP contribution in [0, 0.1) is 6.92 Å². The molecule has 0 aliphatic carbocycles. The molecule has 0 fully saturated rings. The number of fused-ring (bicyclic) bond motifs is 1. The fraction of sp³-hybridized carbons (Fsp3) is 0.0870. The van der Waals surface area contributed by atoms with E-state index in [9.17, 15) is 4.79 Å². The molecule has 4 rings (SSSR count). The molecule has 0 aliphatic heterocycles. The number of benzene rings is 2. The molecule has 2 heterocycles. The van der Waals surface area contributed by atoms with Crippen LogP contribution in [0.1, 0.15) is 21.6 Å². The van der Waals surface area contributed by atoms with Gasteiger partial charge in [-0.2, -0.15) is 0 Å². The van der Waals surface area contributed by atoms with E-state index in [0.717, 1.165) is 32.3 Å². The van der Waals surface area contributed by atoms with Crippen molar-refractivity contribution in [1.82, 2.24) is 9.97 Å². The predicted molar refractivity (Wildman–Crippen MR) is 118 cm³/mol. The van der Waals surface area contributed by atoms with Crippen LogP contribution in [0.25, 0.3) is 10.9 Å². The summed E-state index contributed by atoms with van der Waals surface area (Å²) in [4.78, 5) is 21.5. The van der Waals surface area contributed by atoms with E-state index in [1.54, 1.807) is 12.1 Å². The van der Waals surface area contributed by atoms with Crippen molar-refractivity contribution in [1.29, 1.82) is 0 Å². The van der Waals surface area contributed by atoms with Crippen LogP contribution in [0.4, 0.5) is 5.69 Å². The van der Waals surface area contributed by atoms with Gasteiger partial charge in [-0.05, 0) is 31.2 Å². The normalized spacial score (nSPS) is 10.7. The van der Waals surface area contributed by atoms with Gasteiger partial charge in [-0.3, -0.25) is 4.98 Å². The first-order valence-corrected chi connectivity index (χ1v) is 10.4. The van der Waals surface area contributed by atoms with Gasteiger partial charge >= 0.3 is 119 Å². The number of aryl methyl sites for hydroxylation is 1. The van der Waals surface area contributed by atoms with Crippen molar-refractivity contribution < 1.29 is 9.53 Å². The van der Waals surface area contributed by atoms with Crippen molar-refractivity contribution in [3.05, 3.63) is 89.7 Å². The maximum absolute atomic E-state index is 12.7. The fourth-order valence-electron chi connectivity index (χ4n) is 2.92. The Hall–Kier alpha value is -3.17. The first-order valence-electron chi connectivity index (χ1n) is 9.19. The van der Waals surface area contributed by atoms with Crippen molar-refractivity contribution in [2.45, 2.75) is 13.5 Å². The van der Waals surface area contributed by atoms with Crippen LogP contribution >= 0.6 is 0 Å². The summed E-state index contributed by atoms with van der Waals surface area (Å²) in [6.45, 7) is 2.36. The smallest absolute Gasteiger partial charge is 0.0706 e. The van der Waals surface area contributed by atoms with Gasteiger partial charge in [-0.1, -0.05) is 6.07 Å². The van der Waals surface area contributed by atoms with E-state index in [4.69, 9.17) is 4.74 Å². The molecule has 5 nitrogen and oxygen atoms in total. The van der Waals surface area contributed by atoms with Crippen molar-refractivity contribution >= 4 is 43.8 Å². The van der Waals surface area contributed by atoms with E-state index in [1.165, 1.54) is 16.9 Å². The molecule has 0 saturated carbocycles. The van der Waals surface area contributed by atoms with Crippen molar-refractivity contribution in [3.8, 4) is 5.75 Å². The van der Waals surface area contributed by atoms with Crippen LogP contribution in [0.3, 0.4) is 0 Å². The van der Waals surface area contributed by atoms with E-state index in [2.05, 4.69) is 15.3 Å². The Morgan fingerprint density at radius 1 is 1.07 bits per heavy atom. The van der Waals surface area contributed by atoms with E-state index >= 15 is 0 Å². The first kappa shape index (κ1) is 19.2. The van der Waals surface area contributed by atoms with Gasteiger partial charge in [0.2, 0.25) is 0 Å². The summed E-state index contributed by atoms with van der Waals surface area (Å²) >= 11 is 1.49. The summed E-state index contributed by atoms with van der Waals surface area (Å²) < 4.78 is 6.85. The van der Waals surface area contributed by atoms with Gasteiger partial charge < -0.3 is 0 Å². The zero-order valence-corrected chi connectivity index (χ0v) is 18.3. The first-order chi connectivity index (χ1) is 14.1. The van der Waals surface area contributed by atoms with Crippen molar-refractivity contribution in [2.24, 2.45) is 0 Å². The zero-order valence-electron chi connectivity index (χ0n) is 15.9. The summed E-state index contributed by atoms with van der Waals surface area (Å²) in [6, 6.07) is 20.8. The van der Waals surface area contributed by atoms with E-state index in [0.29, 0.717) is 17.9 Å². The van der Waals surface area contributed by atoms with Gasteiger partial charge in [-0.15, -0.1) is 0 Å². The average molecular weight is 445 g/mol. The van der Waals surface area contributed by atoms with E-state index in [1.807, 2.05) is 67.7 Å². The molecule has 0 aliphatic rings. The van der Waals surface area contributed by atoms with Crippen LogP contribution < -0.4 is 14.5 Å². The molecule has 2 aromatic heterocycles. The summed E-state index contributed by atoms with van der Waals surface area (Å²) in [5, 5.41) is 3.93. The van der Waals surface area contributed by atoms with Crippen LogP contribution in [-0.4, -0.2) is 32.7 Å². The number of rotatable bonds is 5. The molecule has 29 heavy (non-hydrogen) atoms. The Labute approximate surface area is 177 Å². The second-order valence-corrected chi connectivity index (χ2v) is 7.96. The molecule has 0 spiro atoms. The zero-order chi connectivity index (χ0) is 20.2. The fourth-order valence-corrected chi connectivity index (χ4v) is 3.28. The third-order valence-corrected chi connectivity index (χ3v) is 5.15. The summed E-state index contributed by atoms with van der Waals surface area (Å²) in [5.41, 5.74) is 4.13. The number of ether oxygens (including phenoxy) is 1. The number of pyridine rings is 2. The van der Waals surface area contributed by atoms with Gasteiger partial charge in [-0.25, -0.2) is 0 Å². The van der Waals surface area contributed by atoms with Gasteiger partial charge in [0.25, 0.3) is 0 Å². The van der Waals surface area contributed by atoms with Crippen LogP contribution in [0.5, 0.6) is 5.75 Å². The minimum atomic E-state index is -0.186. The molecule has 144 valence electrons. The van der Waals surface area contributed by atoms with Crippen molar-refractivity contribution in [3.63, 3.8) is 0 Å². The predicted octanol–water partition coefficient (Wildman–Crippen LogP) is 3.03. The topological polar surface area (TPSA) is 64.1 Å². The molecule has 0 bridgehead atoms.